The van der Waals surface area contributed by atoms with E-state index in [1.54, 1.807) is 0 Å². The smallest absolute Gasteiger partial charge is 0.323 e. The topological polar surface area (TPSA) is 38.3 Å². The van der Waals surface area contributed by atoms with Crippen molar-refractivity contribution in [2.24, 2.45) is 0 Å². The van der Waals surface area contributed by atoms with Crippen LogP contribution >= 0.6 is 0 Å². The molecule has 12 heavy (non-hydrogen) atoms. The van der Waals surface area contributed by atoms with E-state index in [0.29, 0.717) is 12.6 Å². The Labute approximate surface area is 73.5 Å². The lowest BCUT2D eigenvalue weighted by molar-refractivity contribution is -0.146. The number of hydrogen-bond donors (Lipinski definition) is 1. The summed E-state index contributed by atoms with van der Waals surface area (Å²) >= 11 is 0. The van der Waals surface area contributed by atoms with E-state index in [-0.39, 0.29) is 12.0 Å². The summed E-state index contributed by atoms with van der Waals surface area (Å²) in [6.07, 6.45) is 3.21. The Bertz CT molecular complexity index is 159. The first-order chi connectivity index (χ1) is 5.74. The van der Waals surface area contributed by atoms with Gasteiger partial charge in [-0.2, -0.15) is 0 Å². The average molecular weight is 171 g/mol. The van der Waals surface area contributed by atoms with Crippen molar-refractivity contribution >= 4 is 5.97 Å². The Hall–Kier alpha value is -0.570. The molecular weight excluding hydrogens is 154 g/mol. The van der Waals surface area contributed by atoms with E-state index in [4.69, 9.17) is 4.74 Å². The third-order valence-corrected chi connectivity index (χ3v) is 2.19. The van der Waals surface area contributed by atoms with E-state index in [1.807, 2.05) is 6.92 Å². The normalized spacial score (nSPS) is 29.8. The SMILES string of the molecule is CCOC(=O)[C@@H]1CCC[C@H](C)N1. The number of esters is 1. The van der Waals surface area contributed by atoms with Gasteiger partial charge in [0, 0.05) is 6.04 Å². The van der Waals surface area contributed by atoms with Crippen molar-refractivity contribution in [3.8, 4) is 0 Å². The Morgan fingerprint density at radius 2 is 2.33 bits per heavy atom. The third kappa shape index (κ3) is 2.48. The van der Waals surface area contributed by atoms with Crippen molar-refractivity contribution in [1.82, 2.24) is 5.32 Å². The number of piperidine rings is 1. The highest BCUT2D eigenvalue weighted by molar-refractivity contribution is 5.75. The molecule has 1 rings (SSSR count). The highest BCUT2D eigenvalue weighted by Gasteiger charge is 2.24. The molecule has 1 fully saturated rings. The van der Waals surface area contributed by atoms with Gasteiger partial charge in [0.05, 0.1) is 6.61 Å². The maximum absolute atomic E-state index is 11.3. The van der Waals surface area contributed by atoms with Crippen LogP contribution in [0.25, 0.3) is 0 Å². The second-order valence-corrected chi connectivity index (χ2v) is 3.30. The number of carbonyl (C=O) groups excluding carboxylic acids is 1. The summed E-state index contributed by atoms with van der Waals surface area (Å²) in [6.45, 7) is 4.42. The van der Waals surface area contributed by atoms with Crippen molar-refractivity contribution < 1.29 is 9.53 Å². The van der Waals surface area contributed by atoms with E-state index in [2.05, 4.69) is 12.2 Å². The number of hydrogen-bond acceptors (Lipinski definition) is 3. The van der Waals surface area contributed by atoms with E-state index in [9.17, 15) is 4.79 Å². The molecule has 0 radical (unpaired) electrons. The summed E-state index contributed by atoms with van der Waals surface area (Å²) in [5, 5.41) is 3.23. The van der Waals surface area contributed by atoms with Crippen LogP contribution in [0.3, 0.4) is 0 Å². The zero-order valence-electron chi connectivity index (χ0n) is 7.80. The second-order valence-electron chi connectivity index (χ2n) is 3.30. The Balaban J connectivity index is 2.35. The van der Waals surface area contributed by atoms with Crippen LogP contribution in [0, 0.1) is 0 Å². The number of carbonyl (C=O) groups is 1. The van der Waals surface area contributed by atoms with Crippen LogP contribution in [0.4, 0.5) is 0 Å². The highest BCUT2D eigenvalue weighted by Crippen LogP contribution is 2.12. The maximum atomic E-state index is 11.3. The minimum Gasteiger partial charge on any atom is -0.465 e. The van der Waals surface area contributed by atoms with Gasteiger partial charge in [0.1, 0.15) is 6.04 Å². The van der Waals surface area contributed by atoms with Crippen LogP contribution in [-0.2, 0) is 9.53 Å². The van der Waals surface area contributed by atoms with Crippen LogP contribution < -0.4 is 5.32 Å². The van der Waals surface area contributed by atoms with Gasteiger partial charge in [0.2, 0.25) is 0 Å². The Kier molecular flexibility index (Phi) is 3.53. The Morgan fingerprint density at radius 3 is 2.92 bits per heavy atom. The van der Waals surface area contributed by atoms with E-state index in [1.165, 1.54) is 0 Å². The summed E-state index contributed by atoms with van der Waals surface area (Å²) in [5.41, 5.74) is 0. The summed E-state index contributed by atoms with van der Waals surface area (Å²) in [4.78, 5) is 11.3. The Morgan fingerprint density at radius 1 is 1.58 bits per heavy atom. The van der Waals surface area contributed by atoms with Crippen molar-refractivity contribution in [3.63, 3.8) is 0 Å². The van der Waals surface area contributed by atoms with Crippen LogP contribution in [-0.4, -0.2) is 24.7 Å². The molecule has 0 amide bonds. The predicted octanol–water partition coefficient (Wildman–Crippen LogP) is 1.08. The minimum atomic E-state index is -0.0935. The fraction of sp³-hybridized carbons (Fsp3) is 0.889. The monoisotopic (exact) mass is 171 g/mol. The molecule has 1 aliphatic rings. The first-order valence-corrected chi connectivity index (χ1v) is 4.66. The van der Waals surface area contributed by atoms with E-state index < -0.39 is 0 Å². The molecule has 0 aromatic rings. The maximum Gasteiger partial charge on any atom is 0.323 e. The van der Waals surface area contributed by atoms with E-state index >= 15 is 0 Å². The molecule has 3 heteroatoms. The minimum absolute atomic E-state index is 0.0614. The largest absolute Gasteiger partial charge is 0.465 e. The third-order valence-electron chi connectivity index (χ3n) is 2.19. The van der Waals surface area contributed by atoms with Gasteiger partial charge in [-0.1, -0.05) is 0 Å². The molecule has 1 saturated heterocycles. The van der Waals surface area contributed by atoms with Gasteiger partial charge < -0.3 is 10.1 Å². The van der Waals surface area contributed by atoms with Gasteiger partial charge in [0.15, 0.2) is 0 Å². The number of rotatable bonds is 2. The second kappa shape index (κ2) is 4.45. The zero-order chi connectivity index (χ0) is 8.97. The van der Waals surface area contributed by atoms with Gasteiger partial charge in [-0.15, -0.1) is 0 Å². The van der Waals surface area contributed by atoms with Crippen LogP contribution in [0.2, 0.25) is 0 Å². The molecule has 3 nitrogen and oxygen atoms in total. The fourth-order valence-corrected chi connectivity index (χ4v) is 1.57. The fourth-order valence-electron chi connectivity index (χ4n) is 1.57. The van der Waals surface area contributed by atoms with Crippen molar-refractivity contribution in [2.75, 3.05) is 6.61 Å². The summed E-state index contributed by atoms with van der Waals surface area (Å²) in [7, 11) is 0. The molecule has 0 aromatic heterocycles. The molecule has 0 unspecified atom stereocenters. The molecule has 0 saturated carbocycles. The first-order valence-electron chi connectivity index (χ1n) is 4.66. The van der Waals surface area contributed by atoms with Gasteiger partial charge >= 0.3 is 5.97 Å². The van der Waals surface area contributed by atoms with Crippen molar-refractivity contribution in [1.29, 1.82) is 0 Å². The van der Waals surface area contributed by atoms with Crippen molar-refractivity contribution in [2.45, 2.75) is 45.2 Å². The lowest BCUT2D eigenvalue weighted by atomic mass is 10.00. The first kappa shape index (κ1) is 9.52. The van der Waals surface area contributed by atoms with Crippen LogP contribution in [0.1, 0.15) is 33.1 Å². The predicted molar refractivity (Wildman–Crippen MR) is 46.9 cm³/mol. The summed E-state index contributed by atoms with van der Waals surface area (Å²) in [5.74, 6) is -0.0935. The van der Waals surface area contributed by atoms with Crippen LogP contribution in [0.15, 0.2) is 0 Å². The molecule has 2 atom stereocenters. The quantitative estimate of drug-likeness (QED) is 0.632. The summed E-state index contributed by atoms with van der Waals surface area (Å²) < 4.78 is 4.93. The standard InChI is InChI=1S/C9H17NO2/c1-3-12-9(11)8-6-4-5-7(2)10-8/h7-8,10H,3-6H2,1-2H3/t7-,8-/m0/s1. The molecule has 0 spiro atoms. The zero-order valence-corrected chi connectivity index (χ0v) is 7.80. The lowest BCUT2D eigenvalue weighted by Gasteiger charge is -2.26. The molecule has 0 aliphatic carbocycles. The van der Waals surface area contributed by atoms with Crippen LogP contribution in [0.5, 0.6) is 0 Å². The van der Waals surface area contributed by atoms with Crippen molar-refractivity contribution in [3.05, 3.63) is 0 Å². The molecule has 1 heterocycles. The average Bonchev–Trinajstić information content (AvgIpc) is 2.05. The van der Waals surface area contributed by atoms with Gasteiger partial charge in [-0.25, -0.2) is 0 Å². The molecular formula is C9H17NO2. The molecule has 70 valence electrons. The lowest BCUT2D eigenvalue weighted by Crippen LogP contribution is -2.46. The number of nitrogens with one attached hydrogen (secondary N) is 1. The molecule has 0 bridgehead atoms. The molecule has 0 aromatic carbocycles. The molecule has 1 aliphatic heterocycles. The summed E-state index contributed by atoms with van der Waals surface area (Å²) in [6, 6.07) is 0.391. The van der Waals surface area contributed by atoms with Gasteiger partial charge in [-0.3, -0.25) is 4.79 Å². The highest BCUT2D eigenvalue weighted by atomic mass is 16.5. The van der Waals surface area contributed by atoms with Gasteiger partial charge in [-0.05, 0) is 33.1 Å². The molecule has 1 N–H and O–H groups in total. The number of ether oxygens (including phenoxy) is 1. The van der Waals surface area contributed by atoms with E-state index in [0.717, 1.165) is 19.3 Å². The van der Waals surface area contributed by atoms with Gasteiger partial charge in [0.25, 0.3) is 0 Å².